The van der Waals surface area contributed by atoms with Crippen molar-refractivity contribution in [2.75, 3.05) is 30.3 Å². The number of nitrogens with two attached hydrogens (primary N) is 1. The second-order valence-electron chi connectivity index (χ2n) is 10.3. The number of aromatic nitrogens is 4. The highest BCUT2D eigenvalue weighted by Gasteiger charge is 2.50. The van der Waals surface area contributed by atoms with E-state index in [0.29, 0.717) is 40.7 Å². The first-order chi connectivity index (χ1) is 17.8. The molecule has 1 aliphatic carbocycles. The molecular formula is C26H29FN8O2. The number of nitrogens with zero attached hydrogens (tertiary/aromatic N) is 4. The molecule has 37 heavy (non-hydrogen) atoms. The van der Waals surface area contributed by atoms with Gasteiger partial charge < -0.3 is 26.4 Å². The van der Waals surface area contributed by atoms with Gasteiger partial charge in [-0.15, -0.1) is 0 Å². The minimum Gasteiger partial charge on any atom is -0.461 e. The predicted octanol–water partition coefficient (Wildman–Crippen LogP) is 2.80. The van der Waals surface area contributed by atoms with Crippen LogP contribution in [-0.4, -0.2) is 56.9 Å². The minimum absolute atomic E-state index is 0.00112. The Morgan fingerprint density at radius 2 is 2.19 bits per heavy atom. The van der Waals surface area contributed by atoms with Gasteiger partial charge in [-0.25, -0.2) is 9.37 Å². The molecule has 1 amide bonds. The normalized spacial score (nSPS) is 21.1. The third kappa shape index (κ3) is 4.44. The molecule has 2 aromatic carbocycles. The van der Waals surface area contributed by atoms with Gasteiger partial charge in [0.1, 0.15) is 12.1 Å². The number of carbonyl (C=O) groups is 1. The Balaban J connectivity index is 1.32. The van der Waals surface area contributed by atoms with Gasteiger partial charge in [0.2, 0.25) is 0 Å². The van der Waals surface area contributed by atoms with Crippen LogP contribution in [0.4, 0.5) is 15.8 Å². The van der Waals surface area contributed by atoms with Gasteiger partial charge in [0.15, 0.2) is 5.82 Å². The number of hydrogen-bond donors (Lipinski definition) is 4. The molecule has 1 atom stereocenters. The monoisotopic (exact) mass is 504 g/mol. The minimum atomic E-state index is -0.509. The average molecular weight is 505 g/mol. The summed E-state index contributed by atoms with van der Waals surface area (Å²) in [5, 5.41) is 15.0. The number of rotatable bonds is 8. The summed E-state index contributed by atoms with van der Waals surface area (Å²) < 4.78 is 22.1. The van der Waals surface area contributed by atoms with Gasteiger partial charge in [0.05, 0.1) is 16.6 Å². The highest BCUT2D eigenvalue weighted by Crippen LogP contribution is 2.43. The largest absolute Gasteiger partial charge is 0.461 e. The molecule has 10 nitrogen and oxygen atoms in total. The van der Waals surface area contributed by atoms with Crippen molar-refractivity contribution >= 4 is 39.1 Å². The van der Waals surface area contributed by atoms with Crippen LogP contribution in [0.3, 0.4) is 0 Å². The number of benzene rings is 2. The van der Waals surface area contributed by atoms with Gasteiger partial charge in [-0.3, -0.25) is 9.48 Å². The van der Waals surface area contributed by atoms with E-state index < -0.39 is 11.7 Å². The van der Waals surface area contributed by atoms with E-state index in [-0.39, 0.29) is 23.1 Å². The number of hydrogen-bond acceptors (Lipinski definition) is 8. The van der Waals surface area contributed by atoms with E-state index in [1.807, 2.05) is 6.92 Å². The van der Waals surface area contributed by atoms with Crippen LogP contribution in [0.2, 0.25) is 0 Å². The Hall–Kier alpha value is -3.83. The summed E-state index contributed by atoms with van der Waals surface area (Å²) in [6.45, 7) is 3.94. The topological polar surface area (TPSA) is 132 Å². The number of fused-ring (bicyclic) bond motifs is 3. The van der Waals surface area contributed by atoms with Crippen LogP contribution in [0.25, 0.3) is 21.8 Å². The van der Waals surface area contributed by atoms with E-state index in [4.69, 9.17) is 10.5 Å². The first-order valence-electron chi connectivity index (χ1n) is 12.4. The first kappa shape index (κ1) is 23.6. The molecule has 2 aliphatic heterocycles. The summed E-state index contributed by atoms with van der Waals surface area (Å²) in [4.78, 5) is 22.4. The highest BCUT2D eigenvalue weighted by atomic mass is 19.1. The third-order valence-corrected chi connectivity index (χ3v) is 7.12. The van der Waals surface area contributed by atoms with Gasteiger partial charge in [0.25, 0.3) is 5.91 Å². The van der Waals surface area contributed by atoms with Crippen molar-refractivity contribution in [3.8, 4) is 6.01 Å². The summed E-state index contributed by atoms with van der Waals surface area (Å²) in [7, 11) is 1.72. The molecule has 0 unspecified atom stereocenters. The maximum atomic E-state index is 14.6. The SMILES string of the molecule is C[C@H](N)CNc1ccc(C(=O)Nc2cc(F)c3nn(C)cc3c2)c2nc(OCC34CC(CN3)C4)ncc12. The van der Waals surface area contributed by atoms with Crippen LogP contribution in [0.1, 0.15) is 30.1 Å². The second kappa shape index (κ2) is 8.93. The van der Waals surface area contributed by atoms with Crippen LogP contribution in [0.15, 0.2) is 36.7 Å². The van der Waals surface area contributed by atoms with Crippen LogP contribution in [0.5, 0.6) is 6.01 Å². The molecule has 0 spiro atoms. The summed E-state index contributed by atoms with van der Waals surface area (Å²) in [6.07, 6.45) is 5.54. The zero-order valence-electron chi connectivity index (χ0n) is 20.7. The number of nitrogens with one attached hydrogen (secondary N) is 3. The quantitative estimate of drug-likeness (QED) is 0.288. The fourth-order valence-electron chi connectivity index (χ4n) is 5.33. The number of amides is 1. The van der Waals surface area contributed by atoms with Crippen LogP contribution in [0, 0.1) is 11.7 Å². The Morgan fingerprint density at radius 1 is 1.35 bits per heavy atom. The number of halogens is 1. The molecule has 4 aromatic rings. The Kier molecular flexibility index (Phi) is 5.68. The highest BCUT2D eigenvalue weighted by molar-refractivity contribution is 6.14. The average Bonchev–Trinajstić information content (AvgIpc) is 3.55. The van der Waals surface area contributed by atoms with Crippen molar-refractivity contribution in [1.29, 1.82) is 0 Å². The third-order valence-electron chi connectivity index (χ3n) is 7.12. The zero-order valence-corrected chi connectivity index (χ0v) is 20.7. The van der Waals surface area contributed by atoms with Crippen molar-refractivity contribution in [2.24, 2.45) is 18.7 Å². The van der Waals surface area contributed by atoms with Crippen molar-refractivity contribution in [3.05, 3.63) is 48.0 Å². The smallest absolute Gasteiger partial charge is 0.317 e. The number of ether oxygens (including phenoxy) is 1. The summed E-state index contributed by atoms with van der Waals surface area (Å²) in [6, 6.07) is 6.57. The number of carbonyl (C=O) groups excluding carboxylic acids is 1. The lowest BCUT2D eigenvalue weighted by Crippen LogP contribution is -2.48. The van der Waals surface area contributed by atoms with E-state index in [0.717, 1.165) is 31.0 Å². The van der Waals surface area contributed by atoms with Gasteiger partial charge >= 0.3 is 6.01 Å². The lowest BCUT2D eigenvalue weighted by molar-refractivity contribution is 0.102. The molecular weight excluding hydrogens is 475 g/mol. The van der Waals surface area contributed by atoms with Crippen molar-refractivity contribution in [2.45, 2.75) is 31.3 Å². The lowest BCUT2D eigenvalue weighted by Gasteiger charge is -2.36. The molecule has 1 saturated carbocycles. The Labute approximate surface area is 212 Å². The molecule has 2 aromatic heterocycles. The predicted molar refractivity (Wildman–Crippen MR) is 139 cm³/mol. The zero-order chi connectivity index (χ0) is 25.7. The molecule has 3 aliphatic rings. The number of anilines is 2. The van der Waals surface area contributed by atoms with E-state index in [2.05, 4.69) is 31.0 Å². The summed E-state index contributed by atoms with van der Waals surface area (Å²) in [5.41, 5.74) is 8.01. The maximum Gasteiger partial charge on any atom is 0.317 e. The van der Waals surface area contributed by atoms with E-state index in [1.165, 1.54) is 10.7 Å². The van der Waals surface area contributed by atoms with Gasteiger partial charge in [-0.05, 0) is 56.5 Å². The maximum absolute atomic E-state index is 14.6. The van der Waals surface area contributed by atoms with Crippen LogP contribution >= 0.6 is 0 Å². The molecule has 7 rings (SSSR count). The van der Waals surface area contributed by atoms with E-state index in [9.17, 15) is 9.18 Å². The molecule has 5 N–H and O–H groups in total. The Morgan fingerprint density at radius 3 is 2.95 bits per heavy atom. The van der Waals surface area contributed by atoms with Crippen molar-refractivity contribution < 1.29 is 13.9 Å². The van der Waals surface area contributed by atoms with Crippen LogP contribution < -0.4 is 26.4 Å². The second-order valence-corrected chi connectivity index (χ2v) is 10.3. The number of aryl methyl sites for hydroxylation is 1. The first-order valence-corrected chi connectivity index (χ1v) is 12.4. The fraction of sp³-hybridized carbons (Fsp3) is 0.385. The van der Waals surface area contributed by atoms with Crippen molar-refractivity contribution in [1.82, 2.24) is 25.1 Å². The fourth-order valence-corrected chi connectivity index (χ4v) is 5.33. The van der Waals surface area contributed by atoms with E-state index in [1.54, 1.807) is 37.6 Å². The molecule has 2 bridgehead atoms. The van der Waals surface area contributed by atoms with Gasteiger partial charge in [-0.1, -0.05) is 0 Å². The molecule has 3 fully saturated rings. The van der Waals surface area contributed by atoms with E-state index >= 15 is 0 Å². The summed E-state index contributed by atoms with van der Waals surface area (Å²) in [5.74, 6) is -0.204. The molecule has 192 valence electrons. The molecule has 11 heteroatoms. The lowest BCUT2D eigenvalue weighted by atomic mass is 9.74. The molecule has 4 heterocycles. The molecule has 0 radical (unpaired) electrons. The Bertz CT molecular complexity index is 1510. The van der Waals surface area contributed by atoms with Crippen molar-refractivity contribution in [3.63, 3.8) is 0 Å². The summed E-state index contributed by atoms with van der Waals surface area (Å²) >= 11 is 0. The van der Waals surface area contributed by atoms with Crippen LogP contribution in [-0.2, 0) is 7.05 Å². The van der Waals surface area contributed by atoms with Gasteiger partial charge in [0, 0.05) is 54.2 Å². The standard InChI is InChI=1S/C26H29FN8O2/c1-14(28)9-29-21-4-3-18(24(36)32-17-5-16-12-35(2)34-22(16)20(27)6-17)23-19(21)11-30-25(33-23)37-13-26-7-15(8-26)10-31-26/h3-6,11-12,14-15,29,31H,7-10,13,28H2,1-2H3,(H,32,36)/t14-,15?,26?/m0/s1. The van der Waals surface area contributed by atoms with Gasteiger partial charge in [-0.2, -0.15) is 10.1 Å². The molecule has 2 saturated heterocycles.